The van der Waals surface area contributed by atoms with E-state index in [4.69, 9.17) is 9.26 Å². The predicted octanol–water partition coefficient (Wildman–Crippen LogP) is 0.881. The molecule has 6 nitrogen and oxygen atoms in total. The van der Waals surface area contributed by atoms with Crippen LogP contribution in [0.4, 0.5) is 0 Å². The summed E-state index contributed by atoms with van der Waals surface area (Å²) < 4.78 is 47.5. The van der Waals surface area contributed by atoms with Gasteiger partial charge in [-0.05, 0) is 0 Å². The fourth-order valence-corrected chi connectivity index (χ4v) is 2.94. The highest BCUT2D eigenvalue weighted by atomic mass is 32.2. The Bertz CT molecular complexity index is 311. The molecule has 1 atom stereocenters. The summed E-state index contributed by atoms with van der Waals surface area (Å²) in [6.45, 7) is 2.12. The minimum Gasteiger partial charge on any atom is -0.382 e. The van der Waals surface area contributed by atoms with Gasteiger partial charge in [-0.3, -0.25) is 8.75 Å². The third-order valence-corrected chi connectivity index (χ3v) is 4.42. The van der Waals surface area contributed by atoms with E-state index < -0.39 is 23.8 Å². The van der Waals surface area contributed by atoms with Gasteiger partial charge in [0.05, 0.1) is 19.5 Å². The summed E-state index contributed by atoms with van der Waals surface area (Å²) in [7, 11) is -5.10. The van der Waals surface area contributed by atoms with Crippen LogP contribution in [0.5, 0.6) is 0 Å². The van der Waals surface area contributed by atoms with Crippen molar-refractivity contribution in [2.75, 3.05) is 39.1 Å². The van der Waals surface area contributed by atoms with Crippen LogP contribution in [0.2, 0.25) is 0 Å². The number of rotatable bonds is 8. The van der Waals surface area contributed by atoms with Crippen molar-refractivity contribution in [2.24, 2.45) is 0 Å². The highest BCUT2D eigenvalue weighted by molar-refractivity contribution is 7.86. The van der Waals surface area contributed by atoms with Gasteiger partial charge in [-0.15, -0.1) is 0 Å². The Morgan fingerprint density at radius 1 is 1.27 bits per heavy atom. The maximum absolute atomic E-state index is 11.8. The lowest BCUT2D eigenvalue weighted by Crippen LogP contribution is -2.09. The first-order chi connectivity index (χ1) is 6.83. The molecule has 0 spiro atoms. The third kappa shape index (κ3) is 7.93. The Labute approximate surface area is 90.5 Å². The molecule has 0 aliphatic rings. The zero-order valence-corrected chi connectivity index (χ0v) is 10.8. The molecule has 0 aliphatic heterocycles. The zero-order chi connectivity index (χ0) is 11.9. The standard InChI is InChI=1S/C7H17O6PS/c1-4-14(8,12-6-5-11-2)7-13-15(3,9)10/h4-7H2,1-3H3. The molecule has 1 unspecified atom stereocenters. The normalized spacial score (nSPS) is 16.2. The Morgan fingerprint density at radius 2 is 1.87 bits per heavy atom. The first-order valence-corrected chi connectivity index (χ1v) is 8.20. The molecule has 0 radical (unpaired) electrons. The van der Waals surface area contributed by atoms with Crippen LogP contribution in [-0.4, -0.2) is 47.5 Å². The van der Waals surface area contributed by atoms with Crippen LogP contribution in [0.3, 0.4) is 0 Å². The van der Waals surface area contributed by atoms with E-state index in [2.05, 4.69) is 4.18 Å². The molecular formula is C7H17O6PS. The van der Waals surface area contributed by atoms with Crippen molar-refractivity contribution in [2.45, 2.75) is 6.92 Å². The SMILES string of the molecule is CCP(=O)(COS(C)(=O)=O)OCCOC. The van der Waals surface area contributed by atoms with Gasteiger partial charge in [0, 0.05) is 13.3 Å². The van der Waals surface area contributed by atoms with Crippen molar-refractivity contribution in [3.8, 4) is 0 Å². The second-order valence-corrected chi connectivity index (χ2v) is 7.33. The van der Waals surface area contributed by atoms with Crippen LogP contribution in [0.25, 0.3) is 0 Å². The minimum atomic E-state index is -3.58. The number of hydrogen-bond acceptors (Lipinski definition) is 6. The second-order valence-electron chi connectivity index (χ2n) is 2.91. The number of ether oxygens (including phenoxy) is 1. The number of methoxy groups -OCH3 is 1. The molecule has 0 bridgehead atoms. The van der Waals surface area contributed by atoms with Crippen molar-refractivity contribution in [3.05, 3.63) is 0 Å². The van der Waals surface area contributed by atoms with Gasteiger partial charge in [0.2, 0.25) is 7.37 Å². The molecular weight excluding hydrogens is 243 g/mol. The lowest BCUT2D eigenvalue weighted by molar-refractivity contribution is 0.145. The summed E-state index contributed by atoms with van der Waals surface area (Å²) in [5.74, 6) is 0. The van der Waals surface area contributed by atoms with E-state index in [0.29, 0.717) is 6.61 Å². The van der Waals surface area contributed by atoms with Crippen molar-refractivity contribution >= 4 is 17.5 Å². The van der Waals surface area contributed by atoms with Gasteiger partial charge >= 0.3 is 0 Å². The van der Waals surface area contributed by atoms with Gasteiger partial charge < -0.3 is 9.26 Å². The molecule has 0 aromatic heterocycles. The topological polar surface area (TPSA) is 78.9 Å². The lowest BCUT2D eigenvalue weighted by atomic mass is 10.8. The summed E-state index contributed by atoms with van der Waals surface area (Å²) in [6.07, 6.45) is 0.723. The van der Waals surface area contributed by atoms with E-state index in [1.807, 2.05) is 0 Å². The van der Waals surface area contributed by atoms with Gasteiger partial charge in [-0.1, -0.05) is 6.92 Å². The summed E-state index contributed by atoms with van der Waals surface area (Å²) in [6, 6.07) is 0. The molecule has 0 amide bonds. The fourth-order valence-electron chi connectivity index (χ4n) is 0.683. The molecule has 0 rings (SSSR count). The summed E-state index contributed by atoms with van der Waals surface area (Å²) >= 11 is 0. The van der Waals surface area contributed by atoms with E-state index in [-0.39, 0.29) is 12.8 Å². The molecule has 0 aliphatic carbocycles. The molecule has 0 saturated heterocycles. The Kier molecular flexibility index (Phi) is 6.63. The predicted molar refractivity (Wildman–Crippen MR) is 56.8 cm³/mol. The molecule has 15 heavy (non-hydrogen) atoms. The van der Waals surface area contributed by atoms with Gasteiger partial charge in [0.1, 0.15) is 6.35 Å². The monoisotopic (exact) mass is 260 g/mol. The van der Waals surface area contributed by atoms with Gasteiger partial charge in [0.15, 0.2) is 0 Å². The van der Waals surface area contributed by atoms with Crippen molar-refractivity contribution in [3.63, 3.8) is 0 Å². The first-order valence-electron chi connectivity index (χ1n) is 4.39. The largest absolute Gasteiger partial charge is 0.382 e. The second kappa shape index (κ2) is 6.60. The highest BCUT2D eigenvalue weighted by Gasteiger charge is 2.23. The maximum atomic E-state index is 11.8. The van der Waals surface area contributed by atoms with Crippen LogP contribution in [0.1, 0.15) is 6.92 Å². The van der Waals surface area contributed by atoms with Gasteiger partial charge in [-0.2, -0.15) is 8.42 Å². The molecule has 0 aromatic carbocycles. The van der Waals surface area contributed by atoms with E-state index in [1.54, 1.807) is 6.92 Å². The van der Waals surface area contributed by atoms with Crippen LogP contribution in [0, 0.1) is 0 Å². The summed E-state index contributed by atoms with van der Waals surface area (Å²) in [5.41, 5.74) is 0. The Hall–Kier alpha value is 0.0600. The smallest absolute Gasteiger partial charge is 0.264 e. The third-order valence-electron chi connectivity index (χ3n) is 1.56. The van der Waals surface area contributed by atoms with Crippen molar-refractivity contribution in [1.82, 2.24) is 0 Å². The van der Waals surface area contributed by atoms with Crippen molar-refractivity contribution in [1.29, 1.82) is 0 Å². The summed E-state index contributed by atoms with van der Waals surface area (Å²) in [5, 5.41) is 0. The molecule has 0 saturated carbocycles. The quantitative estimate of drug-likeness (QED) is 0.366. The van der Waals surface area contributed by atoms with E-state index in [1.165, 1.54) is 7.11 Å². The average Bonchev–Trinajstić information content (AvgIpc) is 2.14. The Morgan fingerprint density at radius 3 is 2.27 bits per heavy atom. The van der Waals surface area contributed by atoms with E-state index in [0.717, 1.165) is 6.26 Å². The molecule has 0 N–H and O–H groups in total. The van der Waals surface area contributed by atoms with E-state index in [9.17, 15) is 13.0 Å². The maximum Gasteiger partial charge on any atom is 0.264 e. The average molecular weight is 260 g/mol. The minimum absolute atomic E-state index is 0.161. The van der Waals surface area contributed by atoms with Crippen LogP contribution < -0.4 is 0 Å². The fraction of sp³-hybridized carbons (Fsp3) is 1.00. The first kappa shape index (κ1) is 15.1. The lowest BCUT2D eigenvalue weighted by Gasteiger charge is -2.15. The molecule has 92 valence electrons. The highest BCUT2D eigenvalue weighted by Crippen LogP contribution is 2.46. The molecule has 0 heterocycles. The van der Waals surface area contributed by atoms with Gasteiger partial charge in [-0.25, -0.2) is 0 Å². The van der Waals surface area contributed by atoms with E-state index >= 15 is 0 Å². The number of hydrogen-bond donors (Lipinski definition) is 0. The molecule has 8 heteroatoms. The molecule has 0 aromatic rings. The van der Waals surface area contributed by atoms with Crippen LogP contribution >= 0.6 is 7.37 Å². The van der Waals surface area contributed by atoms with Crippen LogP contribution in [-0.2, 0) is 28.1 Å². The zero-order valence-electron chi connectivity index (χ0n) is 9.13. The van der Waals surface area contributed by atoms with Crippen LogP contribution in [0.15, 0.2) is 0 Å². The van der Waals surface area contributed by atoms with Gasteiger partial charge in [0.25, 0.3) is 10.1 Å². The Balaban J connectivity index is 4.14. The summed E-state index contributed by atoms with van der Waals surface area (Å²) in [4.78, 5) is 0. The van der Waals surface area contributed by atoms with Crippen molar-refractivity contribution < 1.29 is 26.4 Å². The molecule has 0 fully saturated rings.